The normalized spacial score (nSPS) is 12.2. The average Bonchev–Trinajstić information content (AvgIpc) is 2.37. The standard InChI is InChI=1S/C15H23NO3/c1-4-19-15(18)6-5-9-16-12(3)13-10-11(2)7-8-14(13)17/h7-8,10,12,16-17H,4-6,9H2,1-3H3. The number of aromatic hydroxyl groups is 1. The molecule has 1 aromatic rings. The maximum absolute atomic E-state index is 11.2. The molecule has 4 nitrogen and oxygen atoms in total. The third kappa shape index (κ3) is 5.30. The number of esters is 1. The van der Waals surface area contributed by atoms with E-state index in [0.717, 1.165) is 17.5 Å². The molecule has 0 heterocycles. The van der Waals surface area contributed by atoms with Gasteiger partial charge in [0.15, 0.2) is 0 Å². The number of hydrogen-bond donors (Lipinski definition) is 2. The summed E-state index contributed by atoms with van der Waals surface area (Å²) >= 11 is 0. The van der Waals surface area contributed by atoms with E-state index in [1.165, 1.54) is 0 Å². The predicted octanol–water partition coefficient (Wildman–Crippen LogP) is 2.69. The van der Waals surface area contributed by atoms with Gasteiger partial charge in [-0.15, -0.1) is 0 Å². The van der Waals surface area contributed by atoms with Gasteiger partial charge < -0.3 is 15.2 Å². The molecule has 106 valence electrons. The third-order valence-electron chi connectivity index (χ3n) is 2.96. The Bertz CT molecular complexity index is 418. The summed E-state index contributed by atoms with van der Waals surface area (Å²) in [7, 11) is 0. The second-order valence-electron chi connectivity index (χ2n) is 4.65. The average molecular weight is 265 g/mol. The molecule has 1 unspecified atom stereocenters. The summed E-state index contributed by atoms with van der Waals surface area (Å²) in [5.41, 5.74) is 2.00. The highest BCUT2D eigenvalue weighted by Gasteiger charge is 2.10. The van der Waals surface area contributed by atoms with Crippen LogP contribution in [0.2, 0.25) is 0 Å². The first kappa shape index (κ1) is 15.5. The Labute approximate surface area is 114 Å². The number of hydrogen-bond acceptors (Lipinski definition) is 4. The molecule has 1 aromatic carbocycles. The lowest BCUT2D eigenvalue weighted by molar-refractivity contribution is -0.143. The Morgan fingerprint density at radius 2 is 2.21 bits per heavy atom. The van der Waals surface area contributed by atoms with Crippen LogP contribution in [0.5, 0.6) is 5.75 Å². The van der Waals surface area contributed by atoms with Gasteiger partial charge in [0.25, 0.3) is 0 Å². The zero-order valence-electron chi connectivity index (χ0n) is 11.9. The lowest BCUT2D eigenvalue weighted by Gasteiger charge is -2.16. The molecule has 0 bridgehead atoms. The molecule has 0 fully saturated rings. The Hall–Kier alpha value is -1.55. The van der Waals surface area contributed by atoms with E-state index in [0.29, 0.717) is 25.3 Å². The Balaban J connectivity index is 2.37. The zero-order chi connectivity index (χ0) is 14.3. The molecule has 0 aliphatic carbocycles. The summed E-state index contributed by atoms with van der Waals surface area (Å²) in [6.45, 7) is 6.95. The van der Waals surface area contributed by atoms with E-state index in [1.54, 1.807) is 13.0 Å². The maximum Gasteiger partial charge on any atom is 0.305 e. The van der Waals surface area contributed by atoms with Crippen molar-refractivity contribution >= 4 is 5.97 Å². The molecule has 0 aliphatic rings. The van der Waals surface area contributed by atoms with Crippen molar-refractivity contribution in [2.24, 2.45) is 0 Å². The molecule has 0 spiro atoms. The van der Waals surface area contributed by atoms with Gasteiger partial charge in [0.2, 0.25) is 0 Å². The lowest BCUT2D eigenvalue weighted by atomic mass is 10.0. The number of nitrogens with one attached hydrogen (secondary N) is 1. The monoisotopic (exact) mass is 265 g/mol. The minimum Gasteiger partial charge on any atom is -0.508 e. The first-order valence-electron chi connectivity index (χ1n) is 6.73. The lowest BCUT2D eigenvalue weighted by Crippen LogP contribution is -2.21. The minimum absolute atomic E-state index is 0.0575. The van der Waals surface area contributed by atoms with Crippen molar-refractivity contribution in [1.82, 2.24) is 5.32 Å². The van der Waals surface area contributed by atoms with Crippen molar-refractivity contribution in [3.8, 4) is 5.75 Å². The van der Waals surface area contributed by atoms with E-state index in [9.17, 15) is 9.90 Å². The highest BCUT2D eigenvalue weighted by atomic mass is 16.5. The zero-order valence-corrected chi connectivity index (χ0v) is 11.9. The van der Waals surface area contributed by atoms with Crippen LogP contribution in [0.1, 0.15) is 43.9 Å². The van der Waals surface area contributed by atoms with Crippen LogP contribution in [0.15, 0.2) is 18.2 Å². The SMILES string of the molecule is CCOC(=O)CCCNC(C)c1cc(C)ccc1O. The smallest absolute Gasteiger partial charge is 0.305 e. The van der Waals surface area contributed by atoms with E-state index >= 15 is 0 Å². The molecule has 0 saturated carbocycles. The van der Waals surface area contributed by atoms with Gasteiger partial charge in [-0.3, -0.25) is 4.79 Å². The van der Waals surface area contributed by atoms with Crippen LogP contribution in [-0.2, 0) is 9.53 Å². The van der Waals surface area contributed by atoms with Gasteiger partial charge >= 0.3 is 5.97 Å². The number of rotatable bonds is 7. The van der Waals surface area contributed by atoms with Crippen LogP contribution in [0.3, 0.4) is 0 Å². The molecule has 0 aliphatic heterocycles. The quantitative estimate of drug-likeness (QED) is 0.588. The molecule has 0 aromatic heterocycles. The summed E-state index contributed by atoms with van der Waals surface area (Å²) < 4.78 is 4.86. The Morgan fingerprint density at radius 1 is 1.47 bits per heavy atom. The molecule has 4 heteroatoms. The molecule has 0 radical (unpaired) electrons. The van der Waals surface area contributed by atoms with Gasteiger partial charge in [0.05, 0.1) is 6.61 Å². The second-order valence-corrected chi connectivity index (χ2v) is 4.65. The molecule has 0 amide bonds. The molecular weight excluding hydrogens is 242 g/mol. The molecular formula is C15H23NO3. The van der Waals surface area contributed by atoms with Crippen LogP contribution in [-0.4, -0.2) is 24.2 Å². The number of carbonyl (C=O) groups is 1. The number of ether oxygens (including phenoxy) is 1. The molecule has 0 saturated heterocycles. The molecule has 1 atom stereocenters. The fraction of sp³-hybridized carbons (Fsp3) is 0.533. The largest absolute Gasteiger partial charge is 0.508 e. The van der Waals surface area contributed by atoms with E-state index in [2.05, 4.69) is 5.32 Å². The Morgan fingerprint density at radius 3 is 2.89 bits per heavy atom. The summed E-state index contributed by atoms with van der Waals surface area (Å²) in [6.07, 6.45) is 1.16. The highest BCUT2D eigenvalue weighted by molar-refractivity contribution is 5.69. The molecule has 19 heavy (non-hydrogen) atoms. The summed E-state index contributed by atoms with van der Waals surface area (Å²) in [6, 6.07) is 5.62. The second kappa shape index (κ2) is 7.79. The van der Waals surface area contributed by atoms with Crippen LogP contribution >= 0.6 is 0 Å². The van der Waals surface area contributed by atoms with Crippen LogP contribution in [0.25, 0.3) is 0 Å². The van der Waals surface area contributed by atoms with E-state index in [4.69, 9.17) is 4.74 Å². The summed E-state index contributed by atoms with van der Waals surface area (Å²) in [4.78, 5) is 11.2. The Kier molecular flexibility index (Phi) is 6.36. The molecule has 1 rings (SSSR count). The number of aryl methyl sites for hydroxylation is 1. The van der Waals surface area contributed by atoms with Gasteiger partial charge in [-0.25, -0.2) is 0 Å². The van der Waals surface area contributed by atoms with Gasteiger partial charge in [0.1, 0.15) is 5.75 Å². The van der Waals surface area contributed by atoms with E-state index in [1.807, 2.05) is 26.0 Å². The third-order valence-corrected chi connectivity index (χ3v) is 2.96. The number of carbonyl (C=O) groups excluding carboxylic acids is 1. The van der Waals surface area contributed by atoms with Crippen molar-refractivity contribution in [1.29, 1.82) is 0 Å². The summed E-state index contributed by atoms with van der Waals surface area (Å²) in [5, 5.41) is 13.1. The van der Waals surface area contributed by atoms with Gasteiger partial charge in [-0.05, 0) is 39.8 Å². The maximum atomic E-state index is 11.2. The van der Waals surface area contributed by atoms with Crippen LogP contribution in [0, 0.1) is 6.92 Å². The first-order valence-corrected chi connectivity index (χ1v) is 6.73. The van der Waals surface area contributed by atoms with Crippen molar-refractivity contribution in [3.63, 3.8) is 0 Å². The van der Waals surface area contributed by atoms with Gasteiger partial charge in [-0.2, -0.15) is 0 Å². The van der Waals surface area contributed by atoms with Crippen LogP contribution < -0.4 is 5.32 Å². The molecule has 2 N–H and O–H groups in total. The number of phenolic OH excluding ortho intramolecular Hbond substituents is 1. The van der Waals surface area contributed by atoms with E-state index < -0.39 is 0 Å². The van der Waals surface area contributed by atoms with Crippen molar-refractivity contribution in [2.75, 3.05) is 13.2 Å². The topological polar surface area (TPSA) is 58.6 Å². The van der Waals surface area contributed by atoms with Gasteiger partial charge in [-0.1, -0.05) is 17.7 Å². The van der Waals surface area contributed by atoms with Gasteiger partial charge in [0, 0.05) is 18.0 Å². The predicted molar refractivity (Wildman–Crippen MR) is 75.1 cm³/mol. The fourth-order valence-electron chi connectivity index (χ4n) is 1.92. The summed E-state index contributed by atoms with van der Waals surface area (Å²) in [5.74, 6) is 0.145. The van der Waals surface area contributed by atoms with Crippen molar-refractivity contribution in [2.45, 2.75) is 39.7 Å². The van der Waals surface area contributed by atoms with Crippen molar-refractivity contribution in [3.05, 3.63) is 29.3 Å². The number of benzene rings is 1. The van der Waals surface area contributed by atoms with E-state index in [-0.39, 0.29) is 12.0 Å². The van der Waals surface area contributed by atoms with Crippen LogP contribution in [0.4, 0.5) is 0 Å². The highest BCUT2D eigenvalue weighted by Crippen LogP contribution is 2.24. The minimum atomic E-state index is -0.157. The first-order chi connectivity index (χ1) is 9.04. The van der Waals surface area contributed by atoms with Crippen molar-refractivity contribution < 1.29 is 14.6 Å². The fourth-order valence-corrected chi connectivity index (χ4v) is 1.92. The number of phenols is 1.